The second-order valence-corrected chi connectivity index (χ2v) is 4.21. The molecule has 0 unspecified atom stereocenters. The van der Waals surface area contributed by atoms with Gasteiger partial charge in [0.15, 0.2) is 0 Å². The Morgan fingerprint density at radius 2 is 2.11 bits per heavy atom. The first-order valence-corrected chi connectivity index (χ1v) is 5.79. The van der Waals surface area contributed by atoms with E-state index in [-0.39, 0.29) is 5.56 Å². The minimum absolute atomic E-state index is 0.314. The summed E-state index contributed by atoms with van der Waals surface area (Å²) in [6.07, 6.45) is 9.64. The average Bonchev–Trinajstić information content (AvgIpc) is 2.38. The Morgan fingerprint density at radius 3 is 2.78 bits per heavy atom. The third kappa shape index (κ3) is 2.07. The third-order valence-corrected chi connectivity index (χ3v) is 3.14. The van der Waals surface area contributed by atoms with Crippen LogP contribution in [0, 0.1) is 12.3 Å². The Labute approximate surface area is 104 Å². The van der Waals surface area contributed by atoms with Crippen LogP contribution in [0.4, 0.5) is 0 Å². The molecule has 4 nitrogen and oxygen atoms in total. The zero-order chi connectivity index (χ0) is 13.1. The normalized spacial score (nSPS) is 15.3. The van der Waals surface area contributed by atoms with Crippen molar-refractivity contribution in [1.29, 1.82) is 0 Å². The molecule has 1 heterocycles. The first kappa shape index (κ1) is 12.2. The summed E-state index contributed by atoms with van der Waals surface area (Å²) >= 11 is 0. The van der Waals surface area contributed by atoms with E-state index in [4.69, 9.17) is 6.42 Å². The van der Waals surface area contributed by atoms with Crippen molar-refractivity contribution in [2.45, 2.75) is 25.7 Å². The highest BCUT2D eigenvalue weighted by Gasteiger charge is 2.22. The molecule has 18 heavy (non-hydrogen) atoms. The van der Waals surface area contributed by atoms with Crippen LogP contribution < -0.4 is 5.56 Å². The molecule has 0 aliphatic heterocycles. The number of aromatic nitrogens is 1. The zero-order valence-electron chi connectivity index (χ0n) is 9.82. The van der Waals surface area contributed by atoms with Crippen molar-refractivity contribution in [2.75, 3.05) is 0 Å². The highest BCUT2D eigenvalue weighted by atomic mass is 16.4. The molecule has 0 spiro atoms. The smallest absolute Gasteiger partial charge is 0.331 e. The van der Waals surface area contributed by atoms with Gasteiger partial charge in [-0.05, 0) is 37.3 Å². The van der Waals surface area contributed by atoms with E-state index in [9.17, 15) is 14.7 Å². The molecule has 0 fully saturated rings. The second-order valence-electron chi connectivity index (χ2n) is 4.21. The SMILES string of the molecule is C#Cc1cc[nH]c(=O)c1C1=C(C(=O)O)CCCC1. The number of rotatable bonds is 2. The summed E-state index contributed by atoms with van der Waals surface area (Å²) in [7, 11) is 0. The number of nitrogens with one attached hydrogen (secondary N) is 1. The fourth-order valence-corrected chi connectivity index (χ4v) is 2.32. The van der Waals surface area contributed by atoms with Gasteiger partial charge in [-0.15, -0.1) is 6.42 Å². The van der Waals surface area contributed by atoms with Gasteiger partial charge < -0.3 is 10.1 Å². The number of carboxylic acids is 1. The van der Waals surface area contributed by atoms with E-state index in [0.717, 1.165) is 12.8 Å². The van der Waals surface area contributed by atoms with Gasteiger partial charge in [0, 0.05) is 17.3 Å². The van der Waals surface area contributed by atoms with Crippen molar-refractivity contribution in [3.8, 4) is 12.3 Å². The third-order valence-electron chi connectivity index (χ3n) is 3.14. The maximum Gasteiger partial charge on any atom is 0.331 e. The van der Waals surface area contributed by atoms with Gasteiger partial charge in [0.1, 0.15) is 0 Å². The van der Waals surface area contributed by atoms with Crippen molar-refractivity contribution < 1.29 is 9.90 Å². The molecule has 0 aromatic carbocycles. The van der Waals surface area contributed by atoms with Gasteiger partial charge in [-0.3, -0.25) is 4.79 Å². The van der Waals surface area contributed by atoms with Crippen LogP contribution in [-0.2, 0) is 4.79 Å². The van der Waals surface area contributed by atoms with Crippen LogP contribution in [0.15, 0.2) is 22.6 Å². The minimum Gasteiger partial charge on any atom is -0.478 e. The first-order valence-electron chi connectivity index (χ1n) is 5.79. The van der Waals surface area contributed by atoms with E-state index in [1.807, 2.05) is 0 Å². The highest BCUT2D eigenvalue weighted by molar-refractivity contribution is 5.97. The predicted octanol–water partition coefficient (Wildman–Crippen LogP) is 1.77. The van der Waals surface area contributed by atoms with Crippen LogP contribution in [0.1, 0.15) is 36.8 Å². The first-order chi connectivity index (χ1) is 8.65. The largest absolute Gasteiger partial charge is 0.478 e. The molecule has 0 amide bonds. The van der Waals surface area contributed by atoms with Crippen LogP contribution in [0.25, 0.3) is 5.57 Å². The molecule has 2 N–H and O–H groups in total. The van der Waals surface area contributed by atoms with Crippen molar-refractivity contribution in [3.05, 3.63) is 39.3 Å². The number of terminal acetylenes is 1. The van der Waals surface area contributed by atoms with Gasteiger partial charge in [0.2, 0.25) is 0 Å². The lowest BCUT2D eigenvalue weighted by Crippen LogP contribution is -2.18. The van der Waals surface area contributed by atoms with E-state index in [2.05, 4.69) is 10.9 Å². The molecule has 92 valence electrons. The number of carbonyl (C=O) groups is 1. The monoisotopic (exact) mass is 243 g/mol. The molecular weight excluding hydrogens is 230 g/mol. The van der Waals surface area contributed by atoms with Crippen LogP contribution in [0.5, 0.6) is 0 Å². The Bertz CT molecular complexity index is 617. The van der Waals surface area contributed by atoms with Crippen molar-refractivity contribution in [2.24, 2.45) is 0 Å². The second kappa shape index (κ2) is 4.92. The standard InChI is InChI=1S/C14H13NO3/c1-2-9-7-8-15-13(16)12(9)10-5-3-4-6-11(10)14(17)18/h1,7-8H,3-6H2,(H,15,16)(H,17,18). The number of hydrogen-bond acceptors (Lipinski definition) is 2. The van der Waals surface area contributed by atoms with Gasteiger partial charge in [-0.2, -0.15) is 0 Å². The van der Waals surface area contributed by atoms with E-state index in [0.29, 0.717) is 35.1 Å². The maximum atomic E-state index is 11.9. The molecular formula is C14H13NO3. The maximum absolute atomic E-state index is 11.9. The highest BCUT2D eigenvalue weighted by Crippen LogP contribution is 2.32. The molecule has 0 saturated heterocycles. The zero-order valence-corrected chi connectivity index (χ0v) is 9.82. The van der Waals surface area contributed by atoms with E-state index in [1.165, 1.54) is 6.20 Å². The topological polar surface area (TPSA) is 70.2 Å². The minimum atomic E-state index is -0.962. The van der Waals surface area contributed by atoms with E-state index >= 15 is 0 Å². The van der Waals surface area contributed by atoms with Crippen LogP contribution in [-0.4, -0.2) is 16.1 Å². The molecule has 2 rings (SSSR count). The van der Waals surface area contributed by atoms with E-state index < -0.39 is 5.97 Å². The van der Waals surface area contributed by atoms with Crippen LogP contribution >= 0.6 is 0 Å². The molecule has 1 aliphatic rings. The van der Waals surface area contributed by atoms with Crippen molar-refractivity contribution >= 4 is 11.5 Å². The molecule has 1 aliphatic carbocycles. The molecule has 0 radical (unpaired) electrons. The number of aromatic amines is 1. The molecule has 4 heteroatoms. The Kier molecular flexibility index (Phi) is 3.33. The Morgan fingerprint density at radius 1 is 1.39 bits per heavy atom. The predicted molar refractivity (Wildman–Crippen MR) is 68.0 cm³/mol. The Hall–Kier alpha value is -2.28. The van der Waals surface area contributed by atoms with Crippen molar-refractivity contribution in [3.63, 3.8) is 0 Å². The summed E-state index contributed by atoms with van der Waals surface area (Å²) in [4.78, 5) is 25.7. The number of pyridine rings is 1. The van der Waals surface area contributed by atoms with Gasteiger partial charge in [0.05, 0.1) is 5.56 Å². The molecule has 1 aromatic rings. The molecule has 1 aromatic heterocycles. The van der Waals surface area contributed by atoms with Gasteiger partial charge in [-0.1, -0.05) is 5.92 Å². The lowest BCUT2D eigenvalue weighted by molar-refractivity contribution is -0.132. The number of aliphatic carboxylic acids is 1. The van der Waals surface area contributed by atoms with Crippen LogP contribution in [0.3, 0.4) is 0 Å². The fourth-order valence-electron chi connectivity index (χ4n) is 2.32. The lowest BCUT2D eigenvalue weighted by Gasteiger charge is -2.18. The van der Waals surface area contributed by atoms with E-state index in [1.54, 1.807) is 6.07 Å². The summed E-state index contributed by atoms with van der Waals surface area (Å²) < 4.78 is 0. The van der Waals surface area contributed by atoms with Gasteiger partial charge in [0.25, 0.3) is 5.56 Å². The summed E-state index contributed by atoms with van der Waals surface area (Å²) in [5, 5.41) is 9.20. The number of H-pyrrole nitrogens is 1. The quantitative estimate of drug-likeness (QED) is 0.778. The molecule has 0 atom stereocenters. The summed E-state index contributed by atoms with van der Waals surface area (Å²) in [5.74, 6) is 1.48. The summed E-state index contributed by atoms with van der Waals surface area (Å²) in [5.41, 5.74) is 1.38. The molecule has 0 saturated carbocycles. The molecule has 0 bridgehead atoms. The summed E-state index contributed by atoms with van der Waals surface area (Å²) in [6.45, 7) is 0. The number of hydrogen-bond donors (Lipinski definition) is 2. The fraction of sp³-hybridized carbons (Fsp3) is 0.286. The van der Waals surface area contributed by atoms with Crippen molar-refractivity contribution in [1.82, 2.24) is 4.98 Å². The Balaban J connectivity index is 2.71. The van der Waals surface area contributed by atoms with Gasteiger partial charge in [-0.25, -0.2) is 4.79 Å². The summed E-state index contributed by atoms with van der Waals surface area (Å²) in [6, 6.07) is 1.62. The van der Waals surface area contributed by atoms with Gasteiger partial charge >= 0.3 is 5.97 Å². The number of allylic oxidation sites excluding steroid dienone is 1. The lowest BCUT2D eigenvalue weighted by atomic mass is 9.86. The average molecular weight is 243 g/mol. The number of carboxylic acid groups (broad SMARTS) is 1. The van der Waals surface area contributed by atoms with Crippen LogP contribution in [0.2, 0.25) is 0 Å².